The van der Waals surface area contributed by atoms with Crippen molar-refractivity contribution in [3.8, 4) is 0 Å². The van der Waals surface area contributed by atoms with Gasteiger partial charge in [-0.15, -0.1) is 0 Å². The Hall–Kier alpha value is -1.20. The summed E-state index contributed by atoms with van der Waals surface area (Å²) in [4.78, 5) is 21.2. The third-order valence-electron chi connectivity index (χ3n) is 2.53. The van der Waals surface area contributed by atoms with Gasteiger partial charge < -0.3 is 10.6 Å². The van der Waals surface area contributed by atoms with E-state index < -0.39 is 6.04 Å². The fraction of sp³-hybridized carbons (Fsp3) is 0.444. The standard InChI is InChI=1S/C9H11ClN4O/c1-14-7-6(12-4-13-8(7)10)3-2-5(11)9(14)15/h4-5H,2-3,11H2,1H3/t5-/m0/s1. The number of nitrogens with two attached hydrogens (primary N) is 1. The maximum Gasteiger partial charge on any atom is 0.243 e. The first-order valence-electron chi connectivity index (χ1n) is 4.63. The minimum Gasteiger partial charge on any atom is -0.320 e. The zero-order chi connectivity index (χ0) is 11.0. The molecule has 0 saturated heterocycles. The van der Waals surface area contributed by atoms with E-state index in [4.69, 9.17) is 17.3 Å². The first-order valence-corrected chi connectivity index (χ1v) is 5.01. The van der Waals surface area contributed by atoms with Crippen molar-refractivity contribution >= 4 is 23.2 Å². The fourth-order valence-electron chi connectivity index (χ4n) is 1.68. The average Bonchev–Trinajstić information content (AvgIpc) is 2.32. The van der Waals surface area contributed by atoms with Crippen LogP contribution in [0.15, 0.2) is 6.33 Å². The van der Waals surface area contributed by atoms with Crippen molar-refractivity contribution in [1.29, 1.82) is 0 Å². The highest BCUT2D eigenvalue weighted by Crippen LogP contribution is 2.29. The van der Waals surface area contributed by atoms with Crippen molar-refractivity contribution in [2.24, 2.45) is 5.73 Å². The maximum atomic E-state index is 11.7. The number of amides is 1. The van der Waals surface area contributed by atoms with Gasteiger partial charge in [0.25, 0.3) is 0 Å². The number of nitrogens with zero attached hydrogens (tertiary/aromatic N) is 3. The summed E-state index contributed by atoms with van der Waals surface area (Å²) in [7, 11) is 1.64. The van der Waals surface area contributed by atoms with Crippen molar-refractivity contribution in [2.75, 3.05) is 11.9 Å². The molecule has 1 aliphatic rings. The summed E-state index contributed by atoms with van der Waals surface area (Å²) in [6, 6.07) is -0.486. The molecule has 2 rings (SSSR count). The predicted molar refractivity (Wildman–Crippen MR) is 56.7 cm³/mol. The first kappa shape index (κ1) is 10.3. The van der Waals surface area contributed by atoms with Crippen molar-refractivity contribution in [3.63, 3.8) is 0 Å². The molecule has 0 aromatic carbocycles. The van der Waals surface area contributed by atoms with E-state index in [1.54, 1.807) is 7.05 Å². The molecule has 0 fully saturated rings. The molecule has 2 heterocycles. The van der Waals surface area contributed by atoms with Crippen LogP contribution in [0.1, 0.15) is 12.1 Å². The molecule has 1 aromatic heterocycles. The number of fused-ring (bicyclic) bond motifs is 1. The van der Waals surface area contributed by atoms with Crippen LogP contribution in [-0.4, -0.2) is 29.0 Å². The molecule has 0 radical (unpaired) electrons. The summed E-state index contributed by atoms with van der Waals surface area (Å²) in [6.07, 6.45) is 2.63. The van der Waals surface area contributed by atoms with Gasteiger partial charge in [-0.1, -0.05) is 11.6 Å². The number of hydrogen-bond donors (Lipinski definition) is 1. The molecular weight excluding hydrogens is 216 g/mol. The Morgan fingerprint density at radius 2 is 2.33 bits per heavy atom. The van der Waals surface area contributed by atoms with Crippen LogP contribution in [0.2, 0.25) is 5.15 Å². The Labute approximate surface area is 92.3 Å². The maximum absolute atomic E-state index is 11.7. The van der Waals surface area contributed by atoms with Gasteiger partial charge in [-0.05, 0) is 12.8 Å². The molecule has 1 aromatic rings. The molecule has 1 amide bonds. The molecule has 0 unspecified atom stereocenters. The summed E-state index contributed by atoms with van der Waals surface area (Å²) in [5, 5.41) is 0.296. The number of anilines is 1. The molecule has 0 saturated carbocycles. The first-order chi connectivity index (χ1) is 7.11. The van der Waals surface area contributed by atoms with Crippen molar-refractivity contribution < 1.29 is 4.79 Å². The topological polar surface area (TPSA) is 72.1 Å². The van der Waals surface area contributed by atoms with Gasteiger partial charge in [0, 0.05) is 7.05 Å². The predicted octanol–water partition coefficient (Wildman–Crippen LogP) is 0.366. The molecule has 0 aliphatic carbocycles. The van der Waals surface area contributed by atoms with Gasteiger partial charge in [-0.2, -0.15) is 0 Å². The van der Waals surface area contributed by atoms with Crippen LogP contribution < -0.4 is 10.6 Å². The fourth-order valence-corrected chi connectivity index (χ4v) is 1.96. The largest absolute Gasteiger partial charge is 0.320 e. The van der Waals surface area contributed by atoms with Crippen LogP contribution in [0.25, 0.3) is 0 Å². The number of carbonyl (C=O) groups excluding carboxylic acids is 1. The van der Waals surface area contributed by atoms with E-state index in [2.05, 4.69) is 9.97 Å². The molecule has 15 heavy (non-hydrogen) atoms. The Morgan fingerprint density at radius 1 is 1.60 bits per heavy atom. The van der Waals surface area contributed by atoms with Crippen LogP contribution in [0, 0.1) is 0 Å². The molecule has 1 atom stereocenters. The molecular formula is C9H11ClN4O. The highest BCUT2D eigenvalue weighted by molar-refractivity contribution is 6.32. The second-order valence-corrected chi connectivity index (χ2v) is 3.86. The van der Waals surface area contributed by atoms with E-state index in [-0.39, 0.29) is 5.91 Å². The number of hydrogen-bond acceptors (Lipinski definition) is 4. The Morgan fingerprint density at radius 3 is 3.07 bits per heavy atom. The molecule has 0 spiro atoms. The second kappa shape index (κ2) is 3.75. The lowest BCUT2D eigenvalue weighted by Gasteiger charge is -2.19. The summed E-state index contributed by atoms with van der Waals surface area (Å²) >= 11 is 5.94. The van der Waals surface area contributed by atoms with Gasteiger partial charge >= 0.3 is 0 Å². The minimum atomic E-state index is -0.486. The van der Waals surface area contributed by atoms with E-state index in [1.807, 2.05) is 0 Å². The average molecular weight is 227 g/mol. The van der Waals surface area contributed by atoms with E-state index >= 15 is 0 Å². The summed E-state index contributed by atoms with van der Waals surface area (Å²) < 4.78 is 0. The third kappa shape index (κ3) is 1.68. The number of carbonyl (C=O) groups is 1. The number of likely N-dealkylation sites (N-methyl/N-ethyl adjacent to an activating group) is 1. The van der Waals surface area contributed by atoms with Crippen molar-refractivity contribution in [1.82, 2.24) is 9.97 Å². The highest BCUT2D eigenvalue weighted by atomic mass is 35.5. The summed E-state index contributed by atoms with van der Waals surface area (Å²) in [5.41, 5.74) is 7.07. The summed E-state index contributed by atoms with van der Waals surface area (Å²) in [5.74, 6) is -0.148. The lowest BCUT2D eigenvalue weighted by molar-refractivity contribution is -0.119. The number of halogens is 1. The van der Waals surface area contributed by atoms with E-state index in [0.717, 1.165) is 5.69 Å². The number of rotatable bonds is 0. The molecule has 1 aliphatic heterocycles. The van der Waals surface area contributed by atoms with Gasteiger partial charge in [0.1, 0.15) is 12.0 Å². The van der Waals surface area contributed by atoms with Gasteiger partial charge in [0.15, 0.2) is 5.15 Å². The minimum absolute atomic E-state index is 0.148. The van der Waals surface area contributed by atoms with Crippen molar-refractivity contribution in [3.05, 3.63) is 17.2 Å². The van der Waals surface area contributed by atoms with E-state index in [9.17, 15) is 4.79 Å². The van der Waals surface area contributed by atoms with E-state index in [0.29, 0.717) is 23.7 Å². The molecule has 80 valence electrons. The van der Waals surface area contributed by atoms with Crippen LogP contribution in [0.5, 0.6) is 0 Å². The van der Waals surface area contributed by atoms with Crippen molar-refractivity contribution in [2.45, 2.75) is 18.9 Å². The third-order valence-corrected chi connectivity index (χ3v) is 2.81. The Balaban J connectivity index is 2.53. The van der Waals surface area contributed by atoms with Crippen LogP contribution >= 0.6 is 11.6 Å². The normalized spacial score (nSPS) is 21.1. The zero-order valence-electron chi connectivity index (χ0n) is 8.27. The van der Waals surface area contributed by atoms with Gasteiger partial charge in [0.2, 0.25) is 5.91 Å². The van der Waals surface area contributed by atoms with E-state index in [1.165, 1.54) is 11.2 Å². The molecule has 2 N–H and O–H groups in total. The Kier molecular flexibility index (Phi) is 2.58. The second-order valence-electron chi connectivity index (χ2n) is 3.50. The van der Waals surface area contributed by atoms with Gasteiger partial charge in [-0.25, -0.2) is 9.97 Å². The Bertz CT molecular complexity index is 409. The van der Waals surface area contributed by atoms with Gasteiger partial charge in [-0.3, -0.25) is 4.79 Å². The lowest BCUT2D eigenvalue weighted by atomic mass is 10.1. The lowest BCUT2D eigenvalue weighted by Crippen LogP contribution is -2.40. The quantitative estimate of drug-likeness (QED) is 0.649. The SMILES string of the molecule is CN1C(=O)[C@@H](N)CCc2ncnc(Cl)c21. The van der Waals surface area contributed by atoms with Crippen LogP contribution in [0.3, 0.4) is 0 Å². The molecule has 0 bridgehead atoms. The highest BCUT2D eigenvalue weighted by Gasteiger charge is 2.28. The molecule has 5 nitrogen and oxygen atoms in total. The zero-order valence-corrected chi connectivity index (χ0v) is 9.03. The number of aryl methyl sites for hydroxylation is 1. The van der Waals surface area contributed by atoms with Crippen LogP contribution in [-0.2, 0) is 11.2 Å². The molecule has 6 heteroatoms. The van der Waals surface area contributed by atoms with Gasteiger partial charge in [0.05, 0.1) is 11.7 Å². The number of aromatic nitrogens is 2. The summed E-state index contributed by atoms with van der Waals surface area (Å²) in [6.45, 7) is 0. The van der Waals surface area contributed by atoms with Crippen LogP contribution in [0.4, 0.5) is 5.69 Å². The smallest absolute Gasteiger partial charge is 0.243 e. The monoisotopic (exact) mass is 226 g/mol.